The lowest BCUT2D eigenvalue weighted by Crippen LogP contribution is -2.10. The van der Waals surface area contributed by atoms with E-state index in [1.165, 1.54) is 54.9 Å². The molecule has 0 fully saturated rings. The summed E-state index contributed by atoms with van der Waals surface area (Å²) in [5.74, 6) is 0. The second kappa shape index (κ2) is 12.5. The minimum Gasteiger partial charge on any atom is -0.454 e. The van der Waals surface area contributed by atoms with Gasteiger partial charge in [0.15, 0.2) is 5.58 Å². The van der Waals surface area contributed by atoms with E-state index in [9.17, 15) is 0 Å². The van der Waals surface area contributed by atoms with Gasteiger partial charge in [-0.3, -0.25) is 0 Å². The minimum atomic E-state index is 0.858. The Bertz CT molecular complexity index is 2780. The van der Waals surface area contributed by atoms with Crippen molar-refractivity contribution in [3.63, 3.8) is 0 Å². The van der Waals surface area contributed by atoms with Gasteiger partial charge in [-0.1, -0.05) is 164 Å². The fourth-order valence-corrected chi connectivity index (χ4v) is 7.80. The Morgan fingerprint density at radius 2 is 0.846 bits per heavy atom. The molecule has 0 unspecified atom stereocenters. The zero-order valence-electron chi connectivity index (χ0n) is 28.4. The van der Waals surface area contributed by atoms with Crippen LogP contribution < -0.4 is 4.90 Å². The molecule has 52 heavy (non-hydrogen) atoms. The average molecular weight is 664 g/mol. The van der Waals surface area contributed by atoms with Crippen LogP contribution in [0.15, 0.2) is 205 Å². The zero-order valence-corrected chi connectivity index (χ0v) is 28.4. The van der Waals surface area contributed by atoms with Gasteiger partial charge in [-0.2, -0.15) is 0 Å². The number of hydrogen-bond acceptors (Lipinski definition) is 2. The largest absolute Gasteiger partial charge is 0.454 e. The molecule has 0 amide bonds. The Morgan fingerprint density at radius 3 is 1.50 bits per heavy atom. The summed E-state index contributed by atoms with van der Waals surface area (Å²) in [5.41, 5.74) is 12.0. The maximum atomic E-state index is 7.03. The van der Waals surface area contributed by atoms with Gasteiger partial charge in [-0.25, -0.2) is 0 Å². The molecule has 2 nitrogen and oxygen atoms in total. The first-order valence-electron chi connectivity index (χ1n) is 17.8. The summed E-state index contributed by atoms with van der Waals surface area (Å²) < 4.78 is 7.03. The quantitative estimate of drug-likeness (QED) is 0.176. The predicted octanol–water partition coefficient (Wildman–Crippen LogP) is 14.4. The van der Waals surface area contributed by atoms with Crippen molar-refractivity contribution in [3.05, 3.63) is 200 Å². The van der Waals surface area contributed by atoms with Crippen LogP contribution in [0.25, 0.3) is 76.9 Å². The van der Waals surface area contributed by atoms with Crippen LogP contribution in [0.2, 0.25) is 0 Å². The van der Waals surface area contributed by atoms with Gasteiger partial charge in [0, 0.05) is 22.1 Å². The minimum absolute atomic E-state index is 0.858. The van der Waals surface area contributed by atoms with Gasteiger partial charge in [0.1, 0.15) is 5.58 Å². The van der Waals surface area contributed by atoms with Crippen molar-refractivity contribution in [3.8, 4) is 33.4 Å². The Hall–Kier alpha value is -6.90. The number of para-hydroxylation sites is 1. The maximum Gasteiger partial charge on any atom is 0.159 e. The van der Waals surface area contributed by atoms with E-state index in [4.69, 9.17) is 4.42 Å². The van der Waals surface area contributed by atoms with Crippen molar-refractivity contribution in [2.45, 2.75) is 0 Å². The molecule has 2 heteroatoms. The molecule has 0 aliphatic heterocycles. The zero-order chi connectivity index (χ0) is 34.4. The highest BCUT2D eigenvalue weighted by Crippen LogP contribution is 2.46. The molecule has 1 heterocycles. The smallest absolute Gasteiger partial charge is 0.159 e. The highest BCUT2D eigenvalue weighted by molar-refractivity contribution is 6.24. The number of fused-ring (bicyclic) bond motifs is 6. The van der Waals surface area contributed by atoms with Gasteiger partial charge < -0.3 is 9.32 Å². The number of nitrogens with zero attached hydrogens (tertiary/aromatic N) is 1. The lowest BCUT2D eigenvalue weighted by atomic mass is 9.92. The summed E-state index contributed by atoms with van der Waals surface area (Å²) in [7, 11) is 0. The van der Waals surface area contributed by atoms with Crippen molar-refractivity contribution < 1.29 is 4.42 Å². The summed E-state index contributed by atoms with van der Waals surface area (Å²) >= 11 is 0. The third kappa shape index (κ3) is 5.04. The van der Waals surface area contributed by atoms with Gasteiger partial charge in [0.05, 0.1) is 5.69 Å². The first-order chi connectivity index (χ1) is 25.8. The molecule has 0 atom stereocenters. The van der Waals surface area contributed by atoms with Gasteiger partial charge in [-0.05, 0) is 91.3 Å². The topological polar surface area (TPSA) is 16.4 Å². The Kier molecular flexibility index (Phi) is 7.18. The van der Waals surface area contributed by atoms with Gasteiger partial charge in [-0.15, -0.1) is 0 Å². The molecule has 0 aliphatic rings. The summed E-state index contributed by atoms with van der Waals surface area (Å²) in [4.78, 5) is 2.32. The Balaban J connectivity index is 1.19. The van der Waals surface area contributed by atoms with Crippen LogP contribution >= 0.6 is 0 Å². The Labute approximate surface area is 302 Å². The third-order valence-corrected chi connectivity index (χ3v) is 10.3. The lowest BCUT2D eigenvalue weighted by Gasteiger charge is -2.26. The molecule has 9 aromatic carbocycles. The van der Waals surface area contributed by atoms with Crippen molar-refractivity contribution in [1.82, 2.24) is 0 Å². The molecule has 0 spiro atoms. The lowest BCUT2D eigenvalue weighted by molar-refractivity contribution is 0.669. The molecule has 0 aliphatic carbocycles. The molecule has 0 saturated carbocycles. The molecular formula is C50H33NO. The van der Waals surface area contributed by atoms with Crippen LogP contribution in [-0.2, 0) is 0 Å². The maximum absolute atomic E-state index is 7.03. The standard InChI is InChI=1S/C50H33NO/c1-3-13-34(14-4-1)36-25-29-39(30-26-36)51(40-31-27-37(28-32-40)35-15-5-2-6-16-35)47-24-12-23-45-49-44-21-10-9-20-43(44)46(33-48(49)52-50(45)47)42-22-11-18-38-17-7-8-19-41(38)42/h1-33H. The molecule has 10 aromatic rings. The second-order valence-electron chi connectivity index (χ2n) is 13.3. The van der Waals surface area contributed by atoms with Crippen molar-refractivity contribution >= 4 is 60.5 Å². The molecule has 244 valence electrons. The fraction of sp³-hybridized carbons (Fsp3) is 0. The number of hydrogen-bond donors (Lipinski definition) is 0. The van der Waals surface area contributed by atoms with Crippen LogP contribution in [0, 0.1) is 0 Å². The predicted molar refractivity (Wildman–Crippen MR) is 220 cm³/mol. The molecule has 0 radical (unpaired) electrons. The molecule has 0 N–H and O–H groups in total. The van der Waals surface area contributed by atoms with E-state index in [1.54, 1.807) is 0 Å². The Morgan fingerprint density at radius 1 is 0.346 bits per heavy atom. The van der Waals surface area contributed by atoms with Crippen LogP contribution in [0.4, 0.5) is 17.1 Å². The first-order valence-corrected chi connectivity index (χ1v) is 17.8. The second-order valence-corrected chi connectivity index (χ2v) is 13.3. The number of furan rings is 1. The van der Waals surface area contributed by atoms with Gasteiger partial charge in [0.2, 0.25) is 0 Å². The van der Waals surface area contributed by atoms with Crippen LogP contribution in [-0.4, -0.2) is 0 Å². The van der Waals surface area contributed by atoms with Gasteiger partial charge >= 0.3 is 0 Å². The van der Waals surface area contributed by atoms with Crippen molar-refractivity contribution in [2.24, 2.45) is 0 Å². The fourth-order valence-electron chi connectivity index (χ4n) is 7.80. The summed E-state index contributed by atoms with van der Waals surface area (Å²) in [6.07, 6.45) is 0. The van der Waals surface area contributed by atoms with E-state index >= 15 is 0 Å². The highest BCUT2D eigenvalue weighted by atomic mass is 16.3. The molecule has 10 rings (SSSR count). The SMILES string of the molecule is c1ccc(-c2ccc(N(c3ccc(-c4ccccc4)cc3)c3cccc4c3oc3cc(-c5cccc6ccccc56)c5ccccc5c34)cc2)cc1. The molecule has 0 saturated heterocycles. The van der Waals surface area contributed by atoms with E-state index in [-0.39, 0.29) is 0 Å². The average Bonchev–Trinajstić information content (AvgIpc) is 3.61. The molecule has 1 aromatic heterocycles. The summed E-state index contributed by atoms with van der Waals surface area (Å²) in [5, 5.41) is 7.09. The summed E-state index contributed by atoms with van der Waals surface area (Å²) in [6.45, 7) is 0. The first kappa shape index (κ1) is 30.0. The monoisotopic (exact) mass is 663 g/mol. The van der Waals surface area contributed by atoms with Crippen molar-refractivity contribution in [2.75, 3.05) is 4.90 Å². The van der Waals surface area contributed by atoms with Gasteiger partial charge in [0.25, 0.3) is 0 Å². The van der Waals surface area contributed by atoms with E-state index in [0.29, 0.717) is 0 Å². The van der Waals surface area contributed by atoms with Crippen molar-refractivity contribution in [1.29, 1.82) is 0 Å². The van der Waals surface area contributed by atoms with E-state index in [2.05, 4.69) is 205 Å². The van der Waals surface area contributed by atoms with E-state index in [0.717, 1.165) is 39.0 Å². The number of benzene rings is 9. The number of anilines is 3. The van der Waals surface area contributed by atoms with E-state index < -0.39 is 0 Å². The van der Waals surface area contributed by atoms with Crippen LogP contribution in [0.3, 0.4) is 0 Å². The molecule has 0 bridgehead atoms. The van der Waals surface area contributed by atoms with Crippen LogP contribution in [0.5, 0.6) is 0 Å². The molecular weight excluding hydrogens is 631 g/mol. The highest BCUT2D eigenvalue weighted by Gasteiger charge is 2.22. The van der Waals surface area contributed by atoms with Crippen LogP contribution in [0.1, 0.15) is 0 Å². The third-order valence-electron chi connectivity index (χ3n) is 10.3. The number of rotatable bonds is 6. The normalized spacial score (nSPS) is 11.5. The van der Waals surface area contributed by atoms with E-state index in [1.807, 2.05) is 0 Å². The summed E-state index contributed by atoms with van der Waals surface area (Å²) in [6, 6.07) is 71.4.